The number of hydrogen-bond acceptors (Lipinski definition) is 6. The second-order valence-corrected chi connectivity index (χ2v) is 8.09. The van der Waals surface area contributed by atoms with Crippen LogP contribution in [-0.2, 0) is 27.8 Å². The Labute approximate surface area is 153 Å². The molecule has 1 saturated heterocycles. The van der Waals surface area contributed by atoms with Gasteiger partial charge >= 0.3 is 0 Å². The molecule has 0 radical (unpaired) electrons. The molecule has 26 heavy (non-hydrogen) atoms. The van der Waals surface area contributed by atoms with E-state index in [1.54, 1.807) is 12.3 Å². The van der Waals surface area contributed by atoms with Gasteiger partial charge in [-0.25, -0.2) is 18.4 Å². The first-order chi connectivity index (χ1) is 12.6. The summed E-state index contributed by atoms with van der Waals surface area (Å²) in [5.74, 6) is 0.645. The molecule has 0 atom stereocenters. The predicted octanol–water partition coefficient (Wildman–Crippen LogP) is 1.63. The lowest BCUT2D eigenvalue weighted by molar-refractivity contribution is 0.122. The topological polar surface area (TPSA) is 75.6 Å². The van der Waals surface area contributed by atoms with Gasteiger partial charge in [0.1, 0.15) is 0 Å². The molecule has 0 N–H and O–H groups in total. The standard InChI is InChI=1S/C18H20N4O3S/c23-26(24,11-6-15-4-2-1-3-5-15)22-13-16-12-19-18(20-17(16)14-22)21-7-9-25-10-8-21/h1-6,11-12H,7-10,13-14H2. The Morgan fingerprint density at radius 2 is 1.85 bits per heavy atom. The molecule has 1 aromatic carbocycles. The van der Waals surface area contributed by atoms with Crippen LogP contribution in [0.1, 0.15) is 16.8 Å². The smallest absolute Gasteiger partial charge is 0.236 e. The summed E-state index contributed by atoms with van der Waals surface area (Å²) in [5, 5.41) is 1.25. The van der Waals surface area contributed by atoms with Crippen LogP contribution < -0.4 is 4.90 Å². The minimum Gasteiger partial charge on any atom is -0.378 e. The number of fused-ring (bicyclic) bond motifs is 1. The molecule has 136 valence electrons. The van der Waals surface area contributed by atoms with Crippen LogP contribution in [0.15, 0.2) is 41.9 Å². The number of sulfonamides is 1. The molecule has 0 unspecified atom stereocenters. The zero-order valence-electron chi connectivity index (χ0n) is 14.3. The fourth-order valence-electron chi connectivity index (χ4n) is 3.02. The molecule has 0 spiro atoms. The van der Waals surface area contributed by atoms with Crippen LogP contribution in [-0.4, -0.2) is 49.0 Å². The Morgan fingerprint density at radius 3 is 2.62 bits per heavy atom. The van der Waals surface area contributed by atoms with Crippen LogP contribution in [0.2, 0.25) is 0 Å². The molecule has 0 saturated carbocycles. The maximum atomic E-state index is 12.6. The van der Waals surface area contributed by atoms with Gasteiger partial charge in [-0.15, -0.1) is 0 Å². The molecular weight excluding hydrogens is 352 g/mol. The van der Waals surface area contributed by atoms with E-state index in [2.05, 4.69) is 14.9 Å². The summed E-state index contributed by atoms with van der Waals surface area (Å²) in [5.41, 5.74) is 2.49. The van der Waals surface area contributed by atoms with Gasteiger partial charge in [0.25, 0.3) is 0 Å². The minimum absolute atomic E-state index is 0.274. The van der Waals surface area contributed by atoms with Gasteiger partial charge in [-0.2, -0.15) is 4.31 Å². The summed E-state index contributed by atoms with van der Waals surface area (Å²) in [6.07, 6.45) is 3.35. The Bertz CT molecular complexity index is 909. The molecule has 4 rings (SSSR count). The van der Waals surface area contributed by atoms with Crippen molar-refractivity contribution in [1.29, 1.82) is 0 Å². The van der Waals surface area contributed by atoms with Gasteiger partial charge < -0.3 is 9.64 Å². The average molecular weight is 372 g/mol. The number of rotatable bonds is 4. The lowest BCUT2D eigenvalue weighted by Gasteiger charge is -2.26. The van der Waals surface area contributed by atoms with E-state index in [0.717, 1.165) is 29.9 Å². The average Bonchev–Trinajstić information content (AvgIpc) is 3.12. The first kappa shape index (κ1) is 17.1. The van der Waals surface area contributed by atoms with Gasteiger partial charge in [-0.1, -0.05) is 30.3 Å². The number of hydrogen-bond donors (Lipinski definition) is 0. The highest BCUT2D eigenvalue weighted by Gasteiger charge is 2.29. The van der Waals surface area contributed by atoms with Crippen LogP contribution >= 0.6 is 0 Å². The van der Waals surface area contributed by atoms with Crippen LogP contribution in [0.3, 0.4) is 0 Å². The summed E-state index contributed by atoms with van der Waals surface area (Å²) >= 11 is 0. The summed E-state index contributed by atoms with van der Waals surface area (Å²) in [4.78, 5) is 11.1. The number of anilines is 1. The van der Waals surface area contributed by atoms with Gasteiger partial charge in [-0.05, 0) is 11.6 Å². The van der Waals surface area contributed by atoms with E-state index in [9.17, 15) is 8.42 Å². The third-order valence-corrected chi connectivity index (χ3v) is 5.96. The highest BCUT2D eigenvalue weighted by Crippen LogP contribution is 2.26. The molecule has 2 aliphatic rings. The van der Waals surface area contributed by atoms with Gasteiger partial charge in [0.2, 0.25) is 16.0 Å². The van der Waals surface area contributed by atoms with Crippen molar-refractivity contribution in [3.05, 3.63) is 58.8 Å². The van der Waals surface area contributed by atoms with E-state index < -0.39 is 10.0 Å². The third kappa shape index (κ3) is 3.62. The number of nitrogens with zero attached hydrogens (tertiary/aromatic N) is 4. The van der Waals surface area contributed by atoms with E-state index in [1.807, 2.05) is 30.3 Å². The largest absolute Gasteiger partial charge is 0.378 e. The quantitative estimate of drug-likeness (QED) is 0.812. The Morgan fingerprint density at radius 1 is 1.08 bits per heavy atom. The van der Waals surface area contributed by atoms with E-state index in [-0.39, 0.29) is 6.54 Å². The molecule has 1 aromatic heterocycles. The van der Waals surface area contributed by atoms with Crippen LogP contribution in [0.5, 0.6) is 0 Å². The summed E-state index contributed by atoms with van der Waals surface area (Å²) in [6, 6.07) is 9.38. The zero-order valence-corrected chi connectivity index (χ0v) is 15.1. The molecule has 0 amide bonds. The Balaban J connectivity index is 1.50. The molecule has 2 aromatic rings. The van der Waals surface area contributed by atoms with E-state index >= 15 is 0 Å². The van der Waals surface area contributed by atoms with Crippen LogP contribution in [0.25, 0.3) is 6.08 Å². The highest BCUT2D eigenvalue weighted by atomic mass is 32.2. The molecular formula is C18H20N4O3S. The van der Waals surface area contributed by atoms with E-state index in [0.29, 0.717) is 25.7 Å². The lowest BCUT2D eigenvalue weighted by Crippen LogP contribution is -2.37. The maximum absolute atomic E-state index is 12.6. The van der Waals surface area contributed by atoms with Crippen molar-refractivity contribution >= 4 is 22.0 Å². The van der Waals surface area contributed by atoms with E-state index in [4.69, 9.17) is 4.74 Å². The summed E-state index contributed by atoms with van der Waals surface area (Å²) in [7, 11) is -3.51. The fraction of sp³-hybridized carbons (Fsp3) is 0.333. The molecule has 0 aliphatic carbocycles. The van der Waals surface area contributed by atoms with Crippen molar-refractivity contribution in [1.82, 2.24) is 14.3 Å². The number of ether oxygens (including phenoxy) is 1. The van der Waals surface area contributed by atoms with Gasteiger partial charge in [0.15, 0.2) is 0 Å². The predicted molar refractivity (Wildman–Crippen MR) is 98.7 cm³/mol. The highest BCUT2D eigenvalue weighted by molar-refractivity contribution is 7.92. The van der Waals surface area contributed by atoms with Crippen molar-refractivity contribution < 1.29 is 13.2 Å². The lowest BCUT2D eigenvalue weighted by atomic mass is 10.2. The van der Waals surface area contributed by atoms with Gasteiger partial charge in [0.05, 0.1) is 25.5 Å². The summed E-state index contributed by atoms with van der Waals surface area (Å²) in [6.45, 7) is 3.40. The van der Waals surface area contributed by atoms with Crippen molar-refractivity contribution in [2.45, 2.75) is 13.1 Å². The molecule has 0 bridgehead atoms. The normalized spacial score (nSPS) is 18.4. The minimum atomic E-state index is -3.51. The number of morpholine rings is 1. The molecule has 1 fully saturated rings. The molecule has 7 nitrogen and oxygen atoms in total. The maximum Gasteiger partial charge on any atom is 0.236 e. The van der Waals surface area contributed by atoms with Gasteiger partial charge in [-0.3, -0.25) is 0 Å². The monoisotopic (exact) mass is 372 g/mol. The van der Waals surface area contributed by atoms with Crippen LogP contribution in [0.4, 0.5) is 5.95 Å². The zero-order chi connectivity index (χ0) is 18.0. The Kier molecular flexibility index (Phi) is 4.71. The first-order valence-electron chi connectivity index (χ1n) is 8.52. The Hall–Kier alpha value is -2.29. The van der Waals surface area contributed by atoms with Crippen molar-refractivity contribution in [2.75, 3.05) is 31.2 Å². The van der Waals surface area contributed by atoms with Gasteiger partial charge in [0, 0.05) is 36.8 Å². The third-order valence-electron chi connectivity index (χ3n) is 4.50. The molecule has 8 heteroatoms. The van der Waals surface area contributed by atoms with E-state index in [1.165, 1.54) is 9.71 Å². The molecule has 3 heterocycles. The van der Waals surface area contributed by atoms with Crippen molar-refractivity contribution in [3.63, 3.8) is 0 Å². The van der Waals surface area contributed by atoms with Crippen molar-refractivity contribution in [3.8, 4) is 0 Å². The number of benzene rings is 1. The number of aromatic nitrogens is 2. The first-order valence-corrected chi connectivity index (χ1v) is 10.0. The second-order valence-electron chi connectivity index (χ2n) is 6.27. The fourth-order valence-corrected chi connectivity index (χ4v) is 4.15. The molecule has 2 aliphatic heterocycles. The second kappa shape index (κ2) is 7.14. The van der Waals surface area contributed by atoms with Crippen molar-refractivity contribution in [2.24, 2.45) is 0 Å². The summed E-state index contributed by atoms with van der Waals surface area (Å²) < 4.78 is 32.0. The van der Waals surface area contributed by atoms with Crippen LogP contribution in [0, 0.1) is 0 Å². The SMILES string of the molecule is O=S(=O)(C=Cc1ccccc1)N1Cc2cnc(N3CCOCC3)nc2C1.